The van der Waals surface area contributed by atoms with Gasteiger partial charge in [-0.2, -0.15) is 5.10 Å². The van der Waals surface area contributed by atoms with Crippen molar-refractivity contribution in [2.75, 3.05) is 13.2 Å². The van der Waals surface area contributed by atoms with Crippen molar-refractivity contribution in [2.24, 2.45) is 7.05 Å². The fraction of sp³-hybridized carbons (Fsp3) is 0.400. The molecule has 0 fully saturated rings. The molecule has 1 aromatic heterocycles. The number of aromatic nitrogens is 3. The summed E-state index contributed by atoms with van der Waals surface area (Å²) < 4.78 is 12.2. The van der Waals surface area contributed by atoms with Crippen LogP contribution in [0.2, 0.25) is 0 Å². The van der Waals surface area contributed by atoms with Crippen molar-refractivity contribution in [3.8, 4) is 0 Å². The minimum atomic E-state index is -0.342. The Bertz CT molecular complexity index is 586. The maximum Gasteiger partial charge on any atom is 0.338 e. The Balaban J connectivity index is 1.67. The van der Waals surface area contributed by atoms with Gasteiger partial charge in [0.15, 0.2) is 5.82 Å². The smallest absolute Gasteiger partial charge is 0.338 e. The number of nitrogens with zero attached hydrogens (tertiary/aromatic N) is 3. The fourth-order valence-corrected chi connectivity index (χ4v) is 1.72. The molecule has 0 amide bonds. The number of aryl methyl sites for hydroxylation is 3. The number of hydrogen-bond donors (Lipinski definition) is 0. The maximum atomic E-state index is 11.7. The minimum Gasteiger partial charge on any atom is -0.460 e. The fourth-order valence-electron chi connectivity index (χ4n) is 1.72. The molecule has 6 nitrogen and oxygen atoms in total. The van der Waals surface area contributed by atoms with Crippen LogP contribution >= 0.6 is 0 Å². The molecule has 1 heterocycles. The molecule has 2 aromatic rings. The third-order valence-corrected chi connectivity index (χ3v) is 3.00. The van der Waals surface area contributed by atoms with Crippen LogP contribution in [0.4, 0.5) is 0 Å². The zero-order chi connectivity index (χ0) is 15.2. The number of esters is 1. The largest absolute Gasteiger partial charge is 0.460 e. The van der Waals surface area contributed by atoms with Gasteiger partial charge in [0.2, 0.25) is 0 Å². The van der Waals surface area contributed by atoms with Gasteiger partial charge in [-0.25, -0.2) is 9.78 Å². The summed E-state index contributed by atoms with van der Waals surface area (Å²) in [4.78, 5) is 15.9. The van der Waals surface area contributed by atoms with Gasteiger partial charge in [0, 0.05) is 7.05 Å². The lowest BCUT2D eigenvalue weighted by molar-refractivity contribution is 0.0278. The summed E-state index contributed by atoms with van der Waals surface area (Å²) in [6, 6.07) is 7.25. The molecular weight excluding hydrogens is 270 g/mol. The van der Waals surface area contributed by atoms with Gasteiger partial charge in [0.05, 0.1) is 12.2 Å². The average Bonchev–Trinajstić information content (AvgIpc) is 2.78. The molecule has 0 aliphatic heterocycles. The SMILES string of the molecule is Cc1ccc(C(=O)OCCOCc2nc(C)n(C)n2)cc1. The van der Waals surface area contributed by atoms with Gasteiger partial charge in [-0.15, -0.1) is 0 Å². The molecule has 0 spiro atoms. The highest BCUT2D eigenvalue weighted by molar-refractivity contribution is 5.89. The third kappa shape index (κ3) is 4.39. The highest BCUT2D eigenvalue weighted by atomic mass is 16.6. The number of carbonyl (C=O) groups is 1. The lowest BCUT2D eigenvalue weighted by Crippen LogP contribution is -2.11. The standard InChI is InChI=1S/C15H19N3O3/c1-11-4-6-13(7-5-11)15(19)21-9-8-20-10-14-16-12(2)18(3)17-14/h4-7H,8-10H2,1-3H3. The second kappa shape index (κ2) is 6.99. The molecule has 0 unspecified atom stereocenters. The molecule has 1 aromatic carbocycles. The first-order chi connectivity index (χ1) is 10.1. The van der Waals surface area contributed by atoms with E-state index >= 15 is 0 Å². The summed E-state index contributed by atoms with van der Waals surface area (Å²) in [7, 11) is 1.83. The van der Waals surface area contributed by atoms with Crippen LogP contribution in [0.3, 0.4) is 0 Å². The predicted octanol–water partition coefficient (Wildman–Crippen LogP) is 1.81. The molecule has 0 bridgehead atoms. The number of hydrogen-bond acceptors (Lipinski definition) is 5. The van der Waals surface area contributed by atoms with E-state index in [1.54, 1.807) is 16.8 Å². The van der Waals surface area contributed by atoms with E-state index in [1.165, 1.54) is 0 Å². The molecule has 0 aliphatic carbocycles. The number of carbonyl (C=O) groups excluding carboxylic acids is 1. The first-order valence-electron chi connectivity index (χ1n) is 6.74. The van der Waals surface area contributed by atoms with Gasteiger partial charge in [-0.05, 0) is 26.0 Å². The van der Waals surface area contributed by atoms with Crippen molar-refractivity contribution >= 4 is 5.97 Å². The van der Waals surface area contributed by atoms with E-state index in [0.717, 1.165) is 11.4 Å². The molecule has 0 N–H and O–H groups in total. The summed E-state index contributed by atoms with van der Waals surface area (Å²) in [6.07, 6.45) is 0. The Morgan fingerprint density at radius 1 is 1.19 bits per heavy atom. The van der Waals surface area contributed by atoms with Crippen LogP contribution in [0.25, 0.3) is 0 Å². The summed E-state index contributed by atoms with van der Waals surface area (Å²) in [5, 5.41) is 4.17. The van der Waals surface area contributed by atoms with Crippen LogP contribution in [0.5, 0.6) is 0 Å². The van der Waals surface area contributed by atoms with E-state index in [-0.39, 0.29) is 12.6 Å². The highest BCUT2D eigenvalue weighted by Gasteiger charge is 2.07. The normalized spacial score (nSPS) is 10.6. The van der Waals surface area contributed by atoms with Gasteiger partial charge in [-0.1, -0.05) is 17.7 Å². The Morgan fingerprint density at radius 2 is 1.90 bits per heavy atom. The Hall–Kier alpha value is -2.21. The van der Waals surface area contributed by atoms with Gasteiger partial charge in [0.1, 0.15) is 19.0 Å². The lowest BCUT2D eigenvalue weighted by atomic mass is 10.1. The summed E-state index contributed by atoms with van der Waals surface area (Å²) in [5.74, 6) is 1.12. The molecule has 0 saturated carbocycles. The topological polar surface area (TPSA) is 66.2 Å². The van der Waals surface area contributed by atoms with E-state index in [0.29, 0.717) is 24.6 Å². The van der Waals surface area contributed by atoms with Gasteiger partial charge < -0.3 is 9.47 Å². The van der Waals surface area contributed by atoms with Crippen LogP contribution in [0.1, 0.15) is 27.6 Å². The van der Waals surface area contributed by atoms with E-state index in [4.69, 9.17) is 9.47 Å². The van der Waals surface area contributed by atoms with Gasteiger partial charge >= 0.3 is 5.97 Å². The average molecular weight is 289 g/mol. The minimum absolute atomic E-state index is 0.207. The van der Waals surface area contributed by atoms with E-state index < -0.39 is 0 Å². The summed E-state index contributed by atoms with van der Waals surface area (Å²) in [5.41, 5.74) is 1.65. The molecule has 2 rings (SSSR count). The van der Waals surface area contributed by atoms with E-state index in [9.17, 15) is 4.79 Å². The summed E-state index contributed by atoms with van der Waals surface area (Å²) >= 11 is 0. The van der Waals surface area contributed by atoms with Crippen LogP contribution in [-0.2, 0) is 23.1 Å². The zero-order valence-electron chi connectivity index (χ0n) is 12.5. The number of ether oxygens (including phenoxy) is 2. The molecule has 21 heavy (non-hydrogen) atoms. The Kier molecular flexibility index (Phi) is 5.05. The quantitative estimate of drug-likeness (QED) is 0.599. The predicted molar refractivity (Wildman–Crippen MR) is 76.9 cm³/mol. The zero-order valence-corrected chi connectivity index (χ0v) is 12.5. The van der Waals surface area contributed by atoms with Gasteiger partial charge in [-0.3, -0.25) is 4.68 Å². The first-order valence-corrected chi connectivity index (χ1v) is 6.74. The maximum absolute atomic E-state index is 11.7. The molecule has 0 radical (unpaired) electrons. The Morgan fingerprint density at radius 3 is 2.52 bits per heavy atom. The van der Waals surface area contributed by atoms with Crippen molar-refractivity contribution < 1.29 is 14.3 Å². The lowest BCUT2D eigenvalue weighted by Gasteiger charge is -2.05. The molecule has 0 aliphatic rings. The highest BCUT2D eigenvalue weighted by Crippen LogP contribution is 2.05. The van der Waals surface area contributed by atoms with E-state index in [1.807, 2.05) is 33.0 Å². The van der Waals surface area contributed by atoms with Crippen molar-refractivity contribution in [1.29, 1.82) is 0 Å². The number of rotatable bonds is 6. The van der Waals surface area contributed by atoms with Crippen molar-refractivity contribution in [1.82, 2.24) is 14.8 Å². The third-order valence-electron chi connectivity index (χ3n) is 3.00. The molecule has 112 valence electrons. The van der Waals surface area contributed by atoms with Crippen molar-refractivity contribution in [2.45, 2.75) is 20.5 Å². The Labute approximate surface area is 123 Å². The number of benzene rings is 1. The monoisotopic (exact) mass is 289 g/mol. The molecule has 0 atom stereocenters. The first kappa shape index (κ1) is 15.2. The molecule has 0 saturated heterocycles. The van der Waals surface area contributed by atoms with Crippen molar-refractivity contribution in [3.63, 3.8) is 0 Å². The van der Waals surface area contributed by atoms with Crippen LogP contribution < -0.4 is 0 Å². The van der Waals surface area contributed by atoms with Crippen LogP contribution in [0.15, 0.2) is 24.3 Å². The van der Waals surface area contributed by atoms with Crippen molar-refractivity contribution in [3.05, 3.63) is 47.0 Å². The van der Waals surface area contributed by atoms with Crippen LogP contribution in [0, 0.1) is 13.8 Å². The second-order valence-electron chi connectivity index (χ2n) is 4.75. The van der Waals surface area contributed by atoms with E-state index in [2.05, 4.69) is 10.1 Å². The molecule has 6 heteroatoms. The second-order valence-corrected chi connectivity index (χ2v) is 4.75. The van der Waals surface area contributed by atoms with Gasteiger partial charge in [0.25, 0.3) is 0 Å². The molecular formula is C15H19N3O3. The summed E-state index contributed by atoms with van der Waals surface area (Å²) in [6.45, 7) is 4.67. The van der Waals surface area contributed by atoms with Crippen LogP contribution in [-0.4, -0.2) is 33.9 Å².